The average Bonchev–Trinajstić information content (AvgIpc) is 3.07. The first-order valence-corrected chi connectivity index (χ1v) is 8.47. The fourth-order valence-corrected chi connectivity index (χ4v) is 3.51. The molecule has 2 aromatic rings. The molecule has 1 saturated heterocycles. The van der Waals surface area contributed by atoms with Crippen LogP contribution in [0.15, 0.2) is 39.6 Å². The summed E-state index contributed by atoms with van der Waals surface area (Å²) in [5.41, 5.74) is -0.608. The van der Waals surface area contributed by atoms with Crippen LogP contribution in [0.5, 0.6) is 0 Å². The molecule has 6 nitrogen and oxygen atoms in total. The topological polar surface area (TPSA) is 75.5 Å². The van der Waals surface area contributed by atoms with Gasteiger partial charge in [-0.25, -0.2) is 4.79 Å². The third kappa shape index (κ3) is 4.35. The van der Waals surface area contributed by atoms with E-state index in [4.69, 9.17) is 9.26 Å². The normalized spacial score (nSPS) is 20.5. The second-order valence-corrected chi connectivity index (χ2v) is 6.56. The number of likely N-dealkylation sites (tertiary alicyclic amines) is 1. The van der Waals surface area contributed by atoms with Gasteiger partial charge >= 0.3 is 12.3 Å². The summed E-state index contributed by atoms with van der Waals surface area (Å²) in [5, 5.41) is 2.24. The number of amides is 1. The lowest BCUT2D eigenvalue weighted by molar-refractivity contribution is -0.137. The predicted molar refractivity (Wildman–Crippen MR) is 89.4 cm³/mol. The number of carbonyl (C=O) groups is 1. The number of aromatic nitrogens is 1. The zero-order valence-corrected chi connectivity index (χ0v) is 14.6. The Hall–Kier alpha value is -2.71. The van der Waals surface area contributed by atoms with Gasteiger partial charge < -0.3 is 14.2 Å². The molecule has 1 amide bonds. The molecule has 1 fully saturated rings. The minimum absolute atomic E-state index is 0.111. The van der Waals surface area contributed by atoms with Gasteiger partial charge in [0.05, 0.1) is 12.7 Å². The van der Waals surface area contributed by atoms with Crippen molar-refractivity contribution >= 4 is 6.09 Å². The van der Waals surface area contributed by atoms with Crippen LogP contribution in [0.1, 0.15) is 35.6 Å². The van der Waals surface area contributed by atoms with Crippen LogP contribution in [-0.4, -0.2) is 35.8 Å². The summed E-state index contributed by atoms with van der Waals surface area (Å²) in [6, 6.07) is 6.05. The Morgan fingerprint density at radius 1 is 1.37 bits per heavy atom. The number of alkyl halides is 3. The number of hydrogen-bond acceptors (Lipinski definition) is 4. The maximum absolute atomic E-state index is 13.0. The first kappa shape index (κ1) is 19.1. The zero-order valence-electron chi connectivity index (χ0n) is 14.6. The van der Waals surface area contributed by atoms with Crippen LogP contribution < -0.4 is 5.56 Å². The molecule has 2 heterocycles. The van der Waals surface area contributed by atoms with Gasteiger partial charge in [0.2, 0.25) is 0 Å². The van der Waals surface area contributed by atoms with E-state index in [2.05, 4.69) is 5.16 Å². The van der Waals surface area contributed by atoms with Gasteiger partial charge in [-0.15, -0.1) is 0 Å². The summed E-state index contributed by atoms with van der Waals surface area (Å²) in [6.07, 6.45) is -3.70. The van der Waals surface area contributed by atoms with Gasteiger partial charge in [-0.1, -0.05) is 18.2 Å². The number of H-pyrrole nitrogens is 1. The highest BCUT2D eigenvalue weighted by molar-refractivity contribution is 5.68. The van der Waals surface area contributed by atoms with Gasteiger partial charge in [-0.05, 0) is 30.9 Å². The Balaban J connectivity index is 1.83. The van der Waals surface area contributed by atoms with E-state index in [-0.39, 0.29) is 23.9 Å². The van der Waals surface area contributed by atoms with Crippen molar-refractivity contribution in [2.24, 2.45) is 0 Å². The van der Waals surface area contributed by atoms with Crippen molar-refractivity contribution in [3.05, 3.63) is 57.6 Å². The van der Waals surface area contributed by atoms with Crippen LogP contribution in [0, 0.1) is 0 Å². The van der Waals surface area contributed by atoms with Gasteiger partial charge in [-0.3, -0.25) is 4.79 Å². The summed E-state index contributed by atoms with van der Waals surface area (Å²) >= 11 is 0. The van der Waals surface area contributed by atoms with Gasteiger partial charge in [0, 0.05) is 24.6 Å². The molecular weight excluding hydrogens is 365 g/mol. The number of benzene rings is 1. The highest BCUT2D eigenvalue weighted by atomic mass is 19.4. The van der Waals surface area contributed by atoms with E-state index >= 15 is 0 Å². The number of carbonyl (C=O) groups excluding carboxylic acids is 1. The largest absolute Gasteiger partial charge is 0.453 e. The smallest absolute Gasteiger partial charge is 0.416 e. The Kier molecular flexibility index (Phi) is 5.29. The molecule has 0 spiro atoms. The second-order valence-electron chi connectivity index (χ2n) is 6.56. The van der Waals surface area contributed by atoms with E-state index in [0.717, 1.165) is 12.1 Å². The summed E-state index contributed by atoms with van der Waals surface area (Å²) in [5.74, 6) is 0.374. The van der Waals surface area contributed by atoms with Crippen LogP contribution in [0.25, 0.3) is 0 Å². The van der Waals surface area contributed by atoms with Crippen molar-refractivity contribution in [1.82, 2.24) is 10.1 Å². The summed E-state index contributed by atoms with van der Waals surface area (Å²) in [6.45, 7) is 0.357. The third-order valence-electron chi connectivity index (χ3n) is 4.80. The van der Waals surface area contributed by atoms with Crippen molar-refractivity contribution in [3.63, 3.8) is 0 Å². The lowest BCUT2D eigenvalue weighted by Crippen LogP contribution is -2.46. The summed E-state index contributed by atoms with van der Waals surface area (Å²) < 4.78 is 48.9. The van der Waals surface area contributed by atoms with E-state index in [1.54, 1.807) is 6.07 Å². The molecule has 0 saturated carbocycles. The first-order valence-electron chi connectivity index (χ1n) is 8.47. The van der Waals surface area contributed by atoms with Gasteiger partial charge in [0.1, 0.15) is 5.76 Å². The van der Waals surface area contributed by atoms with Crippen molar-refractivity contribution < 1.29 is 27.2 Å². The van der Waals surface area contributed by atoms with Crippen molar-refractivity contribution in [3.8, 4) is 0 Å². The molecule has 0 unspecified atom stereocenters. The number of aromatic amines is 1. The monoisotopic (exact) mass is 384 g/mol. The molecule has 9 heteroatoms. The maximum Gasteiger partial charge on any atom is 0.416 e. The molecule has 0 aliphatic carbocycles. The molecule has 0 bridgehead atoms. The number of piperidine rings is 1. The second kappa shape index (κ2) is 7.50. The summed E-state index contributed by atoms with van der Waals surface area (Å²) in [4.78, 5) is 24.9. The SMILES string of the molecule is COC(=O)N1CC[C@@H](c2cc(=O)[nH]o2)C[C@H]1Cc1cccc(C(F)(F)F)c1. The number of ether oxygens (including phenoxy) is 1. The first-order chi connectivity index (χ1) is 12.8. The molecule has 0 radical (unpaired) electrons. The number of hydrogen-bond donors (Lipinski definition) is 1. The van der Waals surface area contributed by atoms with E-state index in [0.29, 0.717) is 30.7 Å². The Morgan fingerprint density at radius 2 is 2.15 bits per heavy atom. The lowest BCUT2D eigenvalue weighted by atomic mass is 9.86. The number of nitrogens with zero attached hydrogens (tertiary/aromatic N) is 1. The fourth-order valence-electron chi connectivity index (χ4n) is 3.51. The molecule has 2 atom stereocenters. The maximum atomic E-state index is 13.0. The van der Waals surface area contributed by atoms with E-state index in [1.165, 1.54) is 24.1 Å². The summed E-state index contributed by atoms with van der Waals surface area (Å²) in [7, 11) is 1.26. The standard InChI is InChI=1S/C18H19F3N2O4/c1-26-17(25)23-6-5-12(15-10-16(24)22-27-15)9-14(23)8-11-3-2-4-13(7-11)18(19,20)21/h2-4,7,10,12,14H,5-6,8-9H2,1H3,(H,22,24)/t12-,14-/m1/s1. The van der Waals surface area contributed by atoms with Crippen LogP contribution in [0.4, 0.5) is 18.0 Å². The van der Waals surface area contributed by atoms with Crippen LogP contribution in [0.3, 0.4) is 0 Å². The lowest BCUT2D eigenvalue weighted by Gasteiger charge is -2.38. The highest BCUT2D eigenvalue weighted by Crippen LogP contribution is 2.34. The number of halogens is 3. The predicted octanol–water partition coefficient (Wildman–Crippen LogP) is 3.54. The van der Waals surface area contributed by atoms with Gasteiger partial charge in [-0.2, -0.15) is 18.3 Å². The van der Waals surface area contributed by atoms with E-state index < -0.39 is 17.8 Å². The molecule has 1 aromatic carbocycles. The average molecular weight is 384 g/mol. The fraction of sp³-hybridized carbons (Fsp3) is 0.444. The molecule has 1 aliphatic rings. The van der Waals surface area contributed by atoms with Crippen molar-refractivity contribution in [2.45, 2.75) is 37.4 Å². The highest BCUT2D eigenvalue weighted by Gasteiger charge is 2.35. The number of nitrogens with one attached hydrogen (secondary N) is 1. The minimum atomic E-state index is -4.43. The van der Waals surface area contributed by atoms with Crippen molar-refractivity contribution in [2.75, 3.05) is 13.7 Å². The zero-order chi connectivity index (χ0) is 19.6. The van der Waals surface area contributed by atoms with E-state index in [9.17, 15) is 22.8 Å². The number of methoxy groups -OCH3 is 1. The molecule has 27 heavy (non-hydrogen) atoms. The third-order valence-corrected chi connectivity index (χ3v) is 4.80. The van der Waals surface area contributed by atoms with Crippen LogP contribution >= 0.6 is 0 Å². The van der Waals surface area contributed by atoms with Crippen molar-refractivity contribution in [1.29, 1.82) is 0 Å². The quantitative estimate of drug-likeness (QED) is 0.878. The Labute approximate surface area is 152 Å². The van der Waals surface area contributed by atoms with E-state index in [1.807, 2.05) is 0 Å². The minimum Gasteiger partial charge on any atom is -0.453 e. The Bertz CT molecular complexity index is 859. The molecule has 3 rings (SSSR count). The van der Waals surface area contributed by atoms with Crippen LogP contribution in [0.2, 0.25) is 0 Å². The number of rotatable bonds is 3. The Morgan fingerprint density at radius 3 is 2.78 bits per heavy atom. The van der Waals surface area contributed by atoms with Gasteiger partial charge in [0.25, 0.3) is 5.56 Å². The molecular formula is C18H19F3N2O4. The molecule has 1 aliphatic heterocycles. The molecule has 1 aromatic heterocycles. The molecule has 1 N–H and O–H groups in total. The molecule has 146 valence electrons. The van der Waals surface area contributed by atoms with Crippen LogP contribution in [-0.2, 0) is 17.3 Å². The van der Waals surface area contributed by atoms with Gasteiger partial charge in [0.15, 0.2) is 0 Å².